The molecule has 0 aromatic rings. The van der Waals surface area contributed by atoms with Gasteiger partial charge >= 0.3 is 5.97 Å². The molecule has 0 fully saturated rings. The smallest absolute Gasteiger partial charge is 0.330 e. The van der Waals surface area contributed by atoms with Crippen LogP contribution in [0.4, 0.5) is 0 Å². The number of nitrogens with one attached hydrogen (secondary N) is 1. The molecule has 0 saturated carbocycles. The van der Waals surface area contributed by atoms with E-state index in [1.165, 1.54) is 6.08 Å². The molecule has 0 radical (unpaired) electrons. The molecule has 0 amide bonds. The number of ether oxygens (including phenoxy) is 1. The first-order valence-electron chi connectivity index (χ1n) is 4.77. The molecule has 14 heavy (non-hydrogen) atoms. The molecular formula is C11H17NO2. The lowest BCUT2D eigenvalue weighted by atomic mass is 10.2. The summed E-state index contributed by atoms with van der Waals surface area (Å²) in [6.45, 7) is 4.77. The van der Waals surface area contributed by atoms with Gasteiger partial charge in [-0.15, -0.1) is 6.42 Å². The van der Waals surface area contributed by atoms with Crippen LogP contribution in [-0.4, -0.2) is 25.2 Å². The SMILES string of the molecule is C#CC(CC)NC/C=C/C(=O)OCC. The van der Waals surface area contributed by atoms with Crippen LogP contribution in [0.1, 0.15) is 20.3 Å². The van der Waals surface area contributed by atoms with Crippen LogP contribution < -0.4 is 5.32 Å². The minimum atomic E-state index is -0.317. The predicted molar refractivity (Wildman–Crippen MR) is 56.7 cm³/mol. The highest BCUT2D eigenvalue weighted by Gasteiger charge is 1.97. The van der Waals surface area contributed by atoms with Gasteiger partial charge in [-0.3, -0.25) is 0 Å². The highest BCUT2D eigenvalue weighted by Crippen LogP contribution is 1.87. The largest absolute Gasteiger partial charge is 0.463 e. The Morgan fingerprint density at radius 2 is 2.36 bits per heavy atom. The van der Waals surface area contributed by atoms with Gasteiger partial charge in [0.25, 0.3) is 0 Å². The summed E-state index contributed by atoms with van der Waals surface area (Å²) in [6.07, 6.45) is 9.23. The molecule has 78 valence electrons. The van der Waals surface area contributed by atoms with Crippen molar-refractivity contribution in [3.05, 3.63) is 12.2 Å². The summed E-state index contributed by atoms with van der Waals surface area (Å²) in [5.74, 6) is 2.29. The molecule has 0 rings (SSSR count). The Labute approximate surface area is 85.5 Å². The fourth-order valence-corrected chi connectivity index (χ4v) is 0.877. The van der Waals surface area contributed by atoms with E-state index in [2.05, 4.69) is 11.2 Å². The summed E-state index contributed by atoms with van der Waals surface area (Å²) < 4.78 is 4.71. The highest BCUT2D eigenvalue weighted by atomic mass is 16.5. The Hall–Kier alpha value is -1.27. The normalized spacial score (nSPS) is 12.4. The quantitative estimate of drug-likeness (QED) is 0.392. The molecule has 0 aliphatic carbocycles. The number of carbonyl (C=O) groups is 1. The van der Waals surface area contributed by atoms with E-state index < -0.39 is 0 Å². The number of terminal acetylenes is 1. The fraction of sp³-hybridized carbons (Fsp3) is 0.545. The van der Waals surface area contributed by atoms with Crippen molar-refractivity contribution in [2.24, 2.45) is 0 Å². The van der Waals surface area contributed by atoms with Crippen molar-refractivity contribution in [3.8, 4) is 12.3 Å². The molecule has 3 nitrogen and oxygen atoms in total. The predicted octanol–water partition coefficient (Wildman–Crippen LogP) is 1.11. The van der Waals surface area contributed by atoms with E-state index in [9.17, 15) is 4.79 Å². The van der Waals surface area contributed by atoms with E-state index in [0.29, 0.717) is 13.2 Å². The maximum absolute atomic E-state index is 10.8. The number of hydrogen-bond donors (Lipinski definition) is 1. The zero-order chi connectivity index (χ0) is 10.8. The Morgan fingerprint density at radius 3 is 2.86 bits per heavy atom. The summed E-state index contributed by atoms with van der Waals surface area (Å²) in [7, 11) is 0. The minimum absolute atomic E-state index is 0.0712. The van der Waals surface area contributed by atoms with E-state index >= 15 is 0 Å². The number of carbonyl (C=O) groups excluding carboxylic acids is 1. The van der Waals surface area contributed by atoms with Crippen LogP contribution in [0.15, 0.2) is 12.2 Å². The molecule has 3 heteroatoms. The van der Waals surface area contributed by atoms with Gasteiger partial charge in [-0.1, -0.05) is 18.9 Å². The third kappa shape index (κ3) is 6.27. The minimum Gasteiger partial charge on any atom is -0.463 e. The summed E-state index contributed by atoms with van der Waals surface area (Å²) in [5.41, 5.74) is 0. The molecule has 0 bridgehead atoms. The second kappa shape index (κ2) is 8.33. The molecule has 0 spiro atoms. The fourth-order valence-electron chi connectivity index (χ4n) is 0.877. The van der Waals surface area contributed by atoms with Crippen LogP contribution >= 0.6 is 0 Å². The van der Waals surface area contributed by atoms with Crippen molar-refractivity contribution < 1.29 is 9.53 Å². The molecule has 1 atom stereocenters. The number of rotatable bonds is 6. The lowest BCUT2D eigenvalue weighted by Gasteiger charge is -2.06. The monoisotopic (exact) mass is 195 g/mol. The molecule has 0 aromatic carbocycles. The lowest BCUT2D eigenvalue weighted by molar-refractivity contribution is -0.137. The van der Waals surface area contributed by atoms with E-state index in [0.717, 1.165) is 6.42 Å². The van der Waals surface area contributed by atoms with Gasteiger partial charge in [0.15, 0.2) is 0 Å². The lowest BCUT2D eigenvalue weighted by Crippen LogP contribution is -2.26. The Bertz CT molecular complexity index is 228. The third-order valence-corrected chi connectivity index (χ3v) is 1.63. The Morgan fingerprint density at radius 1 is 1.64 bits per heavy atom. The van der Waals surface area contributed by atoms with Crippen molar-refractivity contribution in [1.82, 2.24) is 5.32 Å². The molecular weight excluding hydrogens is 178 g/mol. The van der Waals surface area contributed by atoms with Crippen molar-refractivity contribution in [3.63, 3.8) is 0 Å². The number of hydrogen-bond acceptors (Lipinski definition) is 3. The topological polar surface area (TPSA) is 38.3 Å². The van der Waals surface area contributed by atoms with Gasteiger partial charge in [-0.2, -0.15) is 0 Å². The molecule has 0 aromatic heterocycles. The van der Waals surface area contributed by atoms with Gasteiger partial charge in [0.05, 0.1) is 12.6 Å². The highest BCUT2D eigenvalue weighted by molar-refractivity contribution is 5.81. The molecule has 0 aliphatic heterocycles. The van der Waals surface area contributed by atoms with Crippen LogP contribution in [0.25, 0.3) is 0 Å². The van der Waals surface area contributed by atoms with Crippen LogP contribution in [0.5, 0.6) is 0 Å². The van der Waals surface area contributed by atoms with Gasteiger partial charge < -0.3 is 10.1 Å². The van der Waals surface area contributed by atoms with E-state index in [1.54, 1.807) is 13.0 Å². The van der Waals surface area contributed by atoms with Crippen LogP contribution in [0, 0.1) is 12.3 Å². The summed E-state index contributed by atoms with van der Waals surface area (Å²) >= 11 is 0. The second-order valence-electron chi connectivity index (χ2n) is 2.69. The van der Waals surface area contributed by atoms with E-state index in [4.69, 9.17) is 11.2 Å². The average molecular weight is 195 g/mol. The summed E-state index contributed by atoms with van der Waals surface area (Å²) in [4.78, 5) is 10.8. The first-order chi connectivity index (χ1) is 6.74. The van der Waals surface area contributed by atoms with Gasteiger partial charge in [0.1, 0.15) is 0 Å². The van der Waals surface area contributed by atoms with Gasteiger partial charge in [0, 0.05) is 12.6 Å². The number of esters is 1. The van der Waals surface area contributed by atoms with Crippen LogP contribution in [-0.2, 0) is 9.53 Å². The van der Waals surface area contributed by atoms with Crippen molar-refractivity contribution in [1.29, 1.82) is 0 Å². The zero-order valence-corrected chi connectivity index (χ0v) is 8.75. The van der Waals surface area contributed by atoms with Gasteiger partial charge in [0.2, 0.25) is 0 Å². The van der Waals surface area contributed by atoms with Crippen molar-refractivity contribution in [2.45, 2.75) is 26.3 Å². The average Bonchev–Trinajstić information content (AvgIpc) is 2.19. The maximum Gasteiger partial charge on any atom is 0.330 e. The summed E-state index contributed by atoms with van der Waals surface area (Å²) in [6, 6.07) is 0.0712. The zero-order valence-electron chi connectivity index (χ0n) is 8.75. The van der Waals surface area contributed by atoms with Crippen LogP contribution in [0.3, 0.4) is 0 Å². The Kier molecular flexibility index (Phi) is 7.58. The first kappa shape index (κ1) is 12.7. The third-order valence-electron chi connectivity index (χ3n) is 1.63. The van der Waals surface area contributed by atoms with Gasteiger partial charge in [-0.25, -0.2) is 4.79 Å². The summed E-state index contributed by atoms with van der Waals surface area (Å²) in [5, 5.41) is 3.09. The molecule has 1 N–H and O–H groups in total. The van der Waals surface area contributed by atoms with E-state index in [-0.39, 0.29) is 12.0 Å². The second-order valence-corrected chi connectivity index (χ2v) is 2.69. The molecule has 0 heterocycles. The molecule has 1 unspecified atom stereocenters. The van der Waals surface area contributed by atoms with E-state index in [1.807, 2.05) is 6.92 Å². The van der Waals surface area contributed by atoms with Crippen LogP contribution in [0.2, 0.25) is 0 Å². The Balaban J connectivity index is 3.63. The molecule has 0 saturated heterocycles. The standard InChI is InChI=1S/C11H17NO2/c1-4-10(5-2)12-9-7-8-11(13)14-6-3/h1,7-8,10,12H,5-6,9H2,2-3H3/b8-7+. The van der Waals surface area contributed by atoms with Gasteiger partial charge in [-0.05, 0) is 13.3 Å². The van der Waals surface area contributed by atoms with Crippen molar-refractivity contribution in [2.75, 3.05) is 13.2 Å². The van der Waals surface area contributed by atoms with Crippen molar-refractivity contribution >= 4 is 5.97 Å². The first-order valence-corrected chi connectivity index (χ1v) is 4.77. The molecule has 0 aliphatic rings. The maximum atomic E-state index is 10.8.